The first kappa shape index (κ1) is 26.4. The molecule has 1 aliphatic rings. The van der Waals surface area contributed by atoms with Crippen LogP contribution in [0.1, 0.15) is 35.7 Å². The molecule has 2 heterocycles. The lowest BCUT2D eigenvalue weighted by molar-refractivity contribution is 0.552. The average molecular weight is 649 g/mol. The molecule has 0 spiro atoms. The van der Waals surface area contributed by atoms with E-state index in [2.05, 4.69) is 10.0 Å². The zero-order valence-electron chi connectivity index (χ0n) is 21.1. The van der Waals surface area contributed by atoms with Gasteiger partial charge in [0.1, 0.15) is 11.2 Å². The molecule has 2 aromatic heterocycles. The molecule has 2 aromatic carbocycles. The minimum absolute atomic E-state index is 0.0154. The highest BCUT2D eigenvalue weighted by molar-refractivity contribution is 14.1. The number of anilines is 3. The summed E-state index contributed by atoms with van der Waals surface area (Å²) in [5.41, 5.74) is 2.18. The van der Waals surface area contributed by atoms with Crippen molar-refractivity contribution in [1.82, 2.24) is 4.57 Å². The molecule has 0 saturated heterocycles. The molecular weight excluding hydrogens is 624 g/mol. The molecule has 11 heteroatoms. The summed E-state index contributed by atoms with van der Waals surface area (Å²) in [5, 5.41) is 3.12. The molecular formula is C27H25FIN3O5S. The molecule has 0 amide bonds. The summed E-state index contributed by atoms with van der Waals surface area (Å²) in [6.45, 7) is 5.07. The highest BCUT2D eigenvalue weighted by Crippen LogP contribution is 2.42. The van der Waals surface area contributed by atoms with Gasteiger partial charge in [-0.25, -0.2) is 17.6 Å². The van der Waals surface area contributed by atoms with Crippen LogP contribution in [0.4, 0.5) is 21.5 Å². The van der Waals surface area contributed by atoms with Gasteiger partial charge < -0.3 is 14.3 Å². The summed E-state index contributed by atoms with van der Waals surface area (Å²) >= 11 is 2.00. The topological polar surface area (TPSA) is 110 Å². The van der Waals surface area contributed by atoms with Gasteiger partial charge in [-0.3, -0.25) is 9.52 Å². The van der Waals surface area contributed by atoms with Crippen LogP contribution in [0.3, 0.4) is 0 Å². The van der Waals surface area contributed by atoms with Crippen molar-refractivity contribution in [3.05, 3.63) is 83.4 Å². The zero-order chi connectivity index (χ0) is 27.5. The van der Waals surface area contributed by atoms with E-state index >= 15 is 0 Å². The fourth-order valence-corrected chi connectivity index (χ4v) is 5.82. The van der Waals surface area contributed by atoms with Gasteiger partial charge in [0.25, 0.3) is 5.56 Å². The Morgan fingerprint density at radius 1 is 1.05 bits per heavy atom. The summed E-state index contributed by atoms with van der Waals surface area (Å²) in [7, 11) is -3.56. The lowest BCUT2D eigenvalue weighted by atomic mass is 9.95. The molecule has 1 fully saturated rings. The summed E-state index contributed by atoms with van der Waals surface area (Å²) in [4.78, 5) is 27.0. The van der Waals surface area contributed by atoms with Crippen molar-refractivity contribution in [1.29, 1.82) is 0 Å². The molecule has 0 atom stereocenters. The van der Waals surface area contributed by atoms with Gasteiger partial charge in [-0.1, -0.05) is 12.1 Å². The first-order chi connectivity index (χ1) is 17.9. The van der Waals surface area contributed by atoms with Crippen LogP contribution in [-0.2, 0) is 10.0 Å². The molecule has 1 saturated carbocycles. The second kappa shape index (κ2) is 9.53. The summed E-state index contributed by atoms with van der Waals surface area (Å²) in [5.74, 6) is -0.525. The van der Waals surface area contributed by atoms with Gasteiger partial charge in [0.05, 0.1) is 28.9 Å². The largest absolute Gasteiger partial charge is 0.421 e. The number of rotatable bonds is 6. The number of benzene rings is 2. The lowest BCUT2D eigenvalue weighted by Gasteiger charge is -2.21. The number of nitrogens with zero attached hydrogens (tertiary/aromatic N) is 1. The number of hydrogen-bond acceptors (Lipinski definition) is 6. The molecule has 38 heavy (non-hydrogen) atoms. The predicted molar refractivity (Wildman–Crippen MR) is 156 cm³/mol. The quantitative estimate of drug-likeness (QED) is 0.258. The van der Waals surface area contributed by atoms with Crippen LogP contribution in [0.5, 0.6) is 0 Å². The van der Waals surface area contributed by atoms with Gasteiger partial charge in [-0.15, -0.1) is 0 Å². The summed E-state index contributed by atoms with van der Waals surface area (Å²) < 4.78 is 49.5. The van der Waals surface area contributed by atoms with E-state index in [0.717, 1.165) is 19.1 Å². The fraction of sp³-hybridized carbons (Fsp3) is 0.259. The van der Waals surface area contributed by atoms with E-state index in [1.165, 1.54) is 13.0 Å². The van der Waals surface area contributed by atoms with Crippen LogP contribution < -0.4 is 21.2 Å². The SMILES string of the molecule is Cc1c(NS(C)(=O)=O)cccc1-c1c(C)n(C2CC2)c(=O)c2c(Nc3ccc(I)cc3F)c(C)c(=O)oc12. The normalized spacial score (nSPS) is 13.6. The minimum Gasteiger partial charge on any atom is -0.421 e. The Balaban J connectivity index is 1.88. The van der Waals surface area contributed by atoms with E-state index in [0.29, 0.717) is 31.6 Å². The Kier molecular flexibility index (Phi) is 6.62. The molecule has 4 aromatic rings. The van der Waals surface area contributed by atoms with Crippen molar-refractivity contribution >= 4 is 60.6 Å². The maximum Gasteiger partial charge on any atom is 0.341 e. The minimum atomic E-state index is -3.56. The molecule has 5 rings (SSSR count). The van der Waals surface area contributed by atoms with Gasteiger partial charge in [-0.2, -0.15) is 0 Å². The smallest absolute Gasteiger partial charge is 0.341 e. The second-order valence-corrected chi connectivity index (χ2v) is 12.6. The van der Waals surface area contributed by atoms with E-state index in [9.17, 15) is 22.4 Å². The number of nitrogens with one attached hydrogen (secondary N) is 2. The number of halogens is 2. The van der Waals surface area contributed by atoms with Gasteiger partial charge in [-0.05, 0) is 91.6 Å². The molecule has 0 radical (unpaired) electrons. The van der Waals surface area contributed by atoms with Crippen LogP contribution >= 0.6 is 22.6 Å². The first-order valence-electron chi connectivity index (χ1n) is 11.9. The average Bonchev–Trinajstić information content (AvgIpc) is 3.65. The van der Waals surface area contributed by atoms with E-state index in [1.54, 1.807) is 48.7 Å². The molecule has 2 N–H and O–H groups in total. The Bertz CT molecular complexity index is 1860. The van der Waals surface area contributed by atoms with E-state index < -0.39 is 21.5 Å². The van der Waals surface area contributed by atoms with Gasteiger partial charge in [0.15, 0.2) is 5.58 Å². The third-order valence-electron chi connectivity index (χ3n) is 6.74. The third-order valence-corrected chi connectivity index (χ3v) is 8.00. The number of aromatic nitrogens is 1. The molecule has 0 aliphatic heterocycles. The van der Waals surface area contributed by atoms with Crippen LogP contribution in [0.15, 0.2) is 50.4 Å². The van der Waals surface area contributed by atoms with Crippen molar-refractivity contribution in [3.8, 4) is 11.1 Å². The Labute approximate surface area is 232 Å². The Morgan fingerprint density at radius 3 is 2.39 bits per heavy atom. The maximum absolute atomic E-state index is 14.8. The van der Waals surface area contributed by atoms with Crippen LogP contribution in [0.2, 0.25) is 0 Å². The molecule has 1 aliphatic carbocycles. The molecule has 0 bridgehead atoms. The van der Waals surface area contributed by atoms with Crippen molar-refractivity contribution in [2.75, 3.05) is 16.3 Å². The Hall–Kier alpha value is -3.19. The standard InChI is InChI=1S/C27H25FIN3O5S/c1-13-18(6-5-7-20(13)31-38(4,35)36)22-15(3)32(17-9-10-17)26(33)23-24(14(2)27(34)37-25(22)23)30-21-11-8-16(29)12-19(21)28/h5-8,11-12,17,30-31H,9-10H2,1-4H3. The van der Waals surface area contributed by atoms with Gasteiger partial charge >= 0.3 is 5.63 Å². The van der Waals surface area contributed by atoms with Crippen LogP contribution in [-0.4, -0.2) is 19.2 Å². The monoisotopic (exact) mass is 649 g/mol. The summed E-state index contributed by atoms with van der Waals surface area (Å²) in [6.07, 6.45) is 2.71. The van der Waals surface area contributed by atoms with Crippen molar-refractivity contribution in [3.63, 3.8) is 0 Å². The molecule has 0 unspecified atom stereocenters. The highest BCUT2D eigenvalue weighted by Gasteiger charge is 2.31. The predicted octanol–water partition coefficient (Wildman–Crippen LogP) is 5.74. The van der Waals surface area contributed by atoms with Crippen molar-refractivity contribution < 1.29 is 17.2 Å². The fourth-order valence-electron chi connectivity index (χ4n) is 4.75. The summed E-state index contributed by atoms with van der Waals surface area (Å²) in [6, 6.07) is 9.73. The van der Waals surface area contributed by atoms with Gasteiger partial charge in [0, 0.05) is 20.9 Å². The molecule has 198 valence electrons. The number of hydrogen-bond donors (Lipinski definition) is 2. The van der Waals surface area contributed by atoms with Crippen molar-refractivity contribution in [2.24, 2.45) is 0 Å². The number of sulfonamides is 1. The van der Waals surface area contributed by atoms with E-state index in [4.69, 9.17) is 4.42 Å². The maximum atomic E-state index is 14.8. The number of fused-ring (bicyclic) bond motifs is 1. The van der Waals surface area contributed by atoms with Gasteiger partial charge in [0.2, 0.25) is 10.0 Å². The number of pyridine rings is 1. The second-order valence-electron chi connectivity index (χ2n) is 9.56. The van der Waals surface area contributed by atoms with Crippen molar-refractivity contribution in [2.45, 2.75) is 39.7 Å². The molecule has 8 nitrogen and oxygen atoms in total. The van der Waals surface area contributed by atoms with Crippen LogP contribution in [0.25, 0.3) is 22.1 Å². The highest BCUT2D eigenvalue weighted by atomic mass is 127. The lowest BCUT2D eigenvalue weighted by Crippen LogP contribution is -2.25. The first-order valence-corrected chi connectivity index (χ1v) is 14.9. The third kappa shape index (κ3) is 4.73. The van der Waals surface area contributed by atoms with E-state index in [-0.39, 0.29) is 39.5 Å². The van der Waals surface area contributed by atoms with Crippen LogP contribution in [0, 0.1) is 30.2 Å². The Morgan fingerprint density at radius 2 is 1.76 bits per heavy atom. The zero-order valence-corrected chi connectivity index (χ0v) is 24.1. The van der Waals surface area contributed by atoms with E-state index in [1.807, 2.05) is 22.6 Å².